The Balaban J connectivity index is 2.04. The van der Waals surface area contributed by atoms with Crippen molar-refractivity contribution in [3.63, 3.8) is 0 Å². The molecule has 0 aliphatic rings. The van der Waals surface area contributed by atoms with Crippen molar-refractivity contribution < 1.29 is 4.52 Å². The Bertz CT molecular complexity index is 775. The molecule has 0 bridgehead atoms. The molecule has 0 amide bonds. The van der Waals surface area contributed by atoms with Gasteiger partial charge in [0.05, 0.1) is 10.6 Å². The molecule has 0 radical (unpaired) electrons. The molecule has 0 aromatic carbocycles. The second-order valence-corrected chi connectivity index (χ2v) is 6.02. The molecule has 3 heterocycles. The number of nitrogen functional groups attached to an aromatic ring is 1. The largest absolute Gasteiger partial charge is 0.390 e. The van der Waals surface area contributed by atoms with Gasteiger partial charge in [0.15, 0.2) is 0 Å². The lowest BCUT2D eigenvalue weighted by molar-refractivity contribution is 0.432. The van der Waals surface area contributed by atoms with Crippen LogP contribution in [0.3, 0.4) is 0 Å². The minimum absolute atomic E-state index is 0.434. The first-order chi connectivity index (χ1) is 9.54. The molecular weight excluding hydrogens is 272 g/mol. The van der Waals surface area contributed by atoms with Crippen molar-refractivity contribution in [2.24, 2.45) is 0 Å². The molecule has 0 atom stereocenters. The van der Waals surface area contributed by atoms with Crippen LogP contribution in [0.15, 0.2) is 22.9 Å². The highest BCUT2D eigenvalue weighted by molar-refractivity contribution is 7.16. The maximum atomic E-state index is 5.95. The van der Waals surface area contributed by atoms with Gasteiger partial charge in [-0.25, -0.2) is 0 Å². The standard InChI is InChI=1S/C14H14N4OS/c1-7-4-8(2)11(16-6-7)13-17-14(19-18-13)10-5-9(3)20-12(10)15/h4-6H,15H2,1-3H3. The van der Waals surface area contributed by atoms with E-state index in [0.717, 1.165) is 27.3 Å². The smallest absolute Gasteiger partial charge is 0.261 e. The molecule has 3 aromatic rings. The van der Waals surface area contributed by atoms with Gasteiger partial charge in [0.25, 0.3) is 5.89 Å². The predicted octanol–water partition coefficient (Wildman–Crippen LogP) is 3.37. The van der Waals surface area contributed by atoms with Crippen LogP contribution < -0.4 is 5.73 Å². The van der Waals surface area contributed by atoms with E-state index in [2.05, 4.69) is 15.1 Å². The number of nitrogens with two attached hydrogens (primary N) is 1. The van der Waals surface area contributed by atoms with Crippen LogP contribution in [-0.2, 0) is 0 Å². The fourth-order valence-electron chi connectivity index (χ4n) is 2.08. The number of thiophene rings is 1. The van der Waals surface area contributed by atoms with Crippen LogP contribution >= 0.6 is 11.3 Å². The number of aryl methyl sites for hydroxylation is 3. The zero-order chi connectivity index (χ0) is 14.3. The number of pyridine rings is 1. The first-order valence-corrected chi connectivity index (χ1v) is 7.00. The first-order valence-electron chi connectivity index (χ1n) is 6.18. The van der Waals surface area contributed by atoms with Crippen LogP contribution in [0, 0.1) is 20.8 Å². The van der Waals surface area contributed by atoms with Gasteiger partial charge in [-0.15, -0.1) is 11.3 Å². The van der Waals surface area contributed by atoms with E-state index < -0.39 is 0 Å². The van der Waals surface area contributed by atoms with Crippen molar-refractivity contribution >= 4 is 16.3 Å². The summed E-state index contributed by atoms with van der Waals surface area (Å²) < 4.78 is 5.31. The van der Waals surface area contributed by atoms with Crippen LogP contribution in [0.25, 0.3) is 23.0 Å². The zero-order valence-electron chi connectivity index (χ0n) is 11.5. The van der Waals surface area contributed by atoms with E-state index in [1.165, 1.54) is 11.3 Å². The quantitative estimate of drug-likeness (QED) is 0.781. The van der Waals surface area contributed by atoms with Crippen molar-refractivity contribution in [1.29, 1.82) is 0 Å². The van der Waals surface area contributed by atoms with Crippen LogP contribution in [-0.4, -0.2) is 15.1 Å². The van der Waals surface area contributed by atoms with Crippen molar-refractivity contribution in [2.45, 2.75) is 20.8 Å². The van der Waals surface area contributed by atoms with Crippen LogP contribution in [0.1, 0.15) is 16.0 Å². The molecule has 0 spiro atoms. The molecule has 5 nitrogen and oxygen atoms in total. The summed E-state index contributed by atoms with van der Waals surface area (Å²) in [5.74, 6) is 0.921. The van der Waals surface area contributed by atoms with E-state index in [-0.39, 0.29) is 0 Å². The lowest BCUT2D eigenvalue weighted by atomic mass is 10.1. The van der Waals surface area contributed by atoms with E-state index in [9.17, 15) is 0 Å². The van der Waals surface area contributed by atoms with E-state index in [0.29, 0.717) is 16.7 Å². The Morgan fingerprint density at radius 3 is 2.65 bits per heavy atom. The number of nitrogens with zero attached hydrogens (tertiary/aromatic N) is 3. The average Bonchev–Trinajstić information content (AvgIpc) is 2.96. The molecular formula is C14H14N4OS. The van der Waals surface area contributed by atoms with Crippen LogP contribution in [0.5, 0.6) is 0 Å². The van der Waals surface area contributed by atoms with E-state index >= 15 is 0 Å². The molecule has 0 aliphatic carbocycles. The van der Waals surface area contributed by atoms with Gasteiger partial charge >= 0.3 is 0 Å². The highest BCUT2D eigenvalue weighted by Crippen LogP contribution is 2.33. The monoisotopic (exact) mass is 286 g/mol. The minimum atomic E-state index is 0.434. The number of hydrogen-bond donors (Lipinski definition) is 1. The lowest BCUT2D eigenvalue weighted by Gasteiger charge is -2.00. The van der Waals surface area contributed by atoms with Crippen molar-refractivity contribution in [1.82, 2.24) is 15.1 Å². The van der Waals surface area contributed by atoms with Gasteiger partial charge < -0.3 is 10.3 Å². The van der Waals surface area contributed by atoms with Crippen molar-refractivity contribution in [3.05, 3.63) is 34.3 Å². The van der Waals surface area contributed by atoms with Gasteiger partial charge in [-0.2, -0.15) is 4.98 Å². The third kappa shape index (κ3) is 2.18. The second kappa shape index (κ2) is 4.72. The number of anilines is 1. The molecule has 0 saturated heterocycles. The summed E-state index contributed by atoms with van der Waals surface area (Å²) in [7, 11) is 0. The molecule has 2 N–H and O–H groups in total. The third-order valence-corrected chi connectivity index (χ3v) is 3.85. The fourth-order valence-corrected chi connectivity index (χ4v) is 2.86. The van der Waals surface area contributed by atoms with Crippen LogP contribution in [0.4, 0.5) is 5.00 Å². The summed E-state index contributed by atoms with van der Waals surface area (Å²) >= 11 is 1.51. The topological polar surface area (TPSA) is 77.8 Å². The van der Waals surface area contributed by atoms with Gasteiger partial charge in [-0.3, -0.25) is 4.98 Å². The molecule has 0 aliphatic heterocycles. The SMILES string of the molecule is Cc1cnc(-c2noc(-c3cc(C)sc3N)n2)c(C)c1. The Hall–Kier alpha value is -2.21. The summed E-state index contributed by atoms with van der Waals surface area (Å²) in [6.45, 7) is 5.97. The van der Waals surface area contributed by atoms with Gasteiger partial charge in [0, 0.05) is 11.1 Å². The molecule has 0 saturated carbocycles. The Morgan fingerprint density at radius 2 is 2.00 bits per heavy atom. The first kappa shape index (κ1) is 12.8. The Kier molecular flexibility index (Phi) is 3.02. The molecule has 3 rings (SSSR count). The number of hydrogen-bond acceptors (Lipinski definition) is 6. The zero-order valence-corrected chi connectivity index (χ0v) is 12.3. The third-order valence-electron chi connectivity index (χ3n) is 2.97. The second-order valence-electron chi connectivity index (χ2n) is 4.74. The molecule has 3 aromatic heterocycles. The summed E-state index contributed by atoms with van der Waals surface area (Å²) in [6, 6.07) is 3.99. The number of rotatable bonds is 2. The highest BCUT2D eigenvalue weighted by Gasteiger charge is 2.16. The van der Waals surface area contributed by atoms with E-state index in [4.69, 9.17) is 10.3 Å². The average molecular weight is 286 g/mol. The summed E-state index contributed by atoms with van der Waals surface area (Å²) in [5.41, 5.74) is 9.59. The highest BCUT2D eigenvalue weighted by atomic mass is 32.1. The fraction of sp³-hybridized carbons (Fsp3) is 0.214. The minimum Gasteiger partial charge on any atom is -0.390 e. The van der Waals surface area contributed by atoms with E-state index in [1.54, 1.807) is 6.20 Å². The molecule has 102 valence electrons. The Labute approximate surface area is 120 Å². The molecule has 20 heavy (non-hydrogen) atoms. The molecule has 6 heteroatoms. The van der Waals surface area contributed by atoms with Gasteiger partial charge in [-0.1, -0.05) is 11.2 Å². The summed E-state index contributed by atoms with van der Waals surface area (Å²) in [6.07, 6.45) is 1.79. The molecule has 0 fully saturated rings. The predicted molar refractivity (Wildman–Crippen MR) is 79.5 cm³/mol. The lowest BCUT2D eigenvalue weighted by Crippen LogP contribution is -1.91. The van der Waals surface area contributed by atoms with Crippen LogP contribution in [0.2, 0.25) is 0 Å². The maximum absolute atomic E-state index is 5.95. The summed E-state index contributed by atoms with van der Waals surface area (Å²) in [5, 5.41) is 4.69. The van der Waals surface area contributed by atoms with Gasteiger partial charge in [0.1, 0.15) is 5.69 Å². The Morgan fingerprint density at radius 1 is 1.20 bits per heavy atom. The maximum Gasteiger partial charge on any atom is 0.261 e. The van der Waals surface area contributed by atoms with Gasteiger partial charge in [-0.05, 0) is 38.0 Å². The van der Waals surface area contributed by atoms with Crippen molar-refractivity contribution in [3.8, 4) is 23.0 Å². The number of aromatic nitrogens is 3. The normalized spacial score (nSPS) is 10.9. The van der Waals surface area contributed by atoms with E-state index in [1.807, 2.05) is 32.9 Å². The molecule has 0 unspecified atom stereocenters. The van der Waals surface area contributed by atoms with Gasteiger partial charge in [0.2, 0.25) is 5.82 Å². The van der Waals surface area contributed by atoms with Crippen molar-refractivity contribution in [2.75, 3.05) is 5.73 Å². The summed E-state index contributed by atoms with van der Waals surface area (Å²) in [4.78, 5) is 9.88.